The number of carbonyl (C=O) groups excluding carboxylic acids is 1. The highest BCUT2D eigenvalue weighted by Gasteiger charge is 2.28. The topological polar surface area (TPSA) is 70.4 Å². The second-order valence-electron chi connectivity index (χ2n) is 8.65. The van der Waals surface area contributed by atoms with Crippen molar-refractivity contribution < 1.29 is 18.7 Å². The Morgan fingerprint density at radius 1 is 1.08 bits per heavy atom. The van der Waals surface area contributed by atoms with Gasteiger partial charge < -0.3 is 14.0 Å². The number of aromatic nitrogens is 2. The molecule has 0 radical (unpaired) electrons. The Bertz CT molecular complexity index is 1520. The maximum absolute atomic E-state index is 13.8. The Morgan fingerprint density at radius 3 is 2.36 bits per heavy atom. The first-order chi connectivity index (χ1) is 18.8. The maximum Gasteiger partial charge on any atom is 0.347 e. The van der Waals surface area contributed by atoms with E-state index in [0.29, 0.717) is 27.5 Å². The van der Waals surface area contributed by atoms with Crippen molar-refractivity contribution in [1.29, 1.82) is 0 Å². The summed E-state index contributed by atoms with van der Waals surface area (Å²) in [6.45, 7) is 11.8. The molecule has 0 spiro atoms. The number of esters is 1. The van der Waals surface area contributed by atoms with Gasteiger partial charge in [0.1, 0.15) is 17.9 Å². The molecular formula is C31H32BrFN2O4. The first-order valence-corrected chi connectivity index (χ1v) is 13.6. The number of benzene rings is 2. The lowest BCUT2D eigenvalue weighted by atomic mass is 10.0. The summed E-state index contributed by atoms with van der Waals surface area (Å²) in [4.78, 5) is 31.4. The van der Waals surface area contributed by atoms with Crippen LogP contribution in [0, 0.1) is 5.82 Å². The van der Waals surface area contributed by atoms with Crippen LogP contribution in [-0.4, -0.2) is 22.1 Å². The first-order valence-electron chi connectivity index (χ1n) is 12.8. The van der Waals surface area contributed by atoms with Crippen LogP contribution in [0.5, 0.6) is 5.75 Å². The van der Waals surface area contributed by atoms with Crippen LogP contribution in [0.2, 0.25) is 0 Å². The molecule has 0 unspecified atom stereocenters. The quantitative estimate of drug-likeness (QED) is 0.151. The van der Waals surface area contributed by atoms with Crippen molar-refractivity contribution in [2.24, 2.45) is 0 Å². The average Bonchev–Trinajstić information content (AvgIpc) is 2.93. The summed E-state index contributed by atoms with van der Waals surface area (Å²) in [7, 11) is 0. The van der Waals surface area contributed by atoms with Gasteiger partial charge >= 0.3 is 5.97 Å². The molecule has 6 nitrogen and oxygen atoms in total. The van der Waals surface area contributed by atoms with Gasteiger partial charge in [-0.2, -0.15) is 0 Å². The van der Waals surface area contributed by atoms with E-state index >= 15 is 0 Å². The van der Waals surface area contributed by atoms with Gasteiger partial charge in [-0.1, -0.05) is 68.5 Å². The normalized spacial score (nSPS) is 10.5. The van der Waals surface area contributed by atoms with Gasteiger partial charge in [0.25, 0.3) is 5.56 Å². The minimum absolute atomic E-state index is 0.0642. The molecular weight excluding hydrogens is 563 g/mol. The van der Waals surface area contributed by atoms with Crippen LogP contribution >= 0.6 is 15.9 Å². The Hall–Kier alpha value is -3.78. The van der Waals surface area contributed by atoms with E-state index in [1.165, 1.54) is 16.7 Å². The molecule has 0 aliphatic rings. The standard InChI is InChI=1S/C29H26BrFN2O4.C2H6/c1-4-36-29(35)23-27(37-17-20-8-6-5-7-9-20)25-26(33(28(23)34)16-18(2)3)24(30)21(15-32-25)14-19-10-12-22(31)13-11-19;1-2/h5-13,15H,2,4,14,16-17H2,1,3H3;1-2H3. The fourth-order valence-electron chi connectivity index (χ4n) is 4.00. The van der Waals surface area contributed by atoms with E-state index < -0.39 is 11.5 Å². The van der Waals surface area contributed by atoms with Gasteiger partial charge in [-0.25, -0.2) is 9.18 Å². The molecule has 0 fully saturated rings. The molecule has 4 aromatic rings. The van der Waals surface area contributed by atoms with Gasteiger partial charge in [-0.15, -0.1) is 0 Å². The van der Waals surface area contributed by atoms with Crippen molar-refractivity contribution in [3.8, 4) is 5.75 Å². The number of carbonyl (C=O) groups is 1. The highest BCUT2D eigenvalue weighted by molar-refractivity contribution is 9.10. The largest absolute Gasteiger partial charge is 0.485 e. The summed E-state index contributed by atoms with van der Waals surface area (Å²) in [5, 5.41) is 0. The second-order valence-corrected chi connectivity index (χ2v) is 9.44. The van der Waals surface area contributed by atoms with Crippen molar-refractivity contribution >= 4 is 32.9 Å². The number of nitrogens with zero attached hydrogens (tertiary/aromatic N) is 2. The average molecular weight is 596 g/mol. The second kappa shape index (κ2) is 13.8. The van der Waals surface area contributed by atoms with E-state index in [4.69, 9.17) is 9.47 Å². The molecule has 2 aromatic carbocycles. The lowest BCUT2D eigenvalue weighted by molar-refractivity contribution is 0.0518. The Balaban J connectivity index is 0.00000205. The molecule has 8 heteroatoms. The van der Waals surface area contributed by atoms with Gasteiger partial charge in [0.2, 0.25) is 0 Å². The van der Waals surface area contributed by atoms with Crippen molar-refractivity contribution in [2.75, 3.05) is 6.61 Å². The number of allylic oxidation sites excluding steroid dienone is 1. The highest BCUT2D eigenvalue weighted by Crippen LogP contribution is 2.34. The van der Waals surface area contributed by atoms with Crippen LogP contribution in [0.15, 0.2) is 82.2 Å². The smallest absolute Gasteiger partial charge is 0.347 e. The van der Waals surface area contributed by atoms with E-state index in [1.807, 2.05) is 44.2 Å². The Labute approximate surface area is 236 Å². The fourth-order valence-corrected chi connectivity index (χ4v) is 4.64. The molecule has 0 aliphatic heterocycles. The monoisotopic (exact) mass is 594 g/mol. The summed E-state index contributed by atoms with van der Waals surface area (Å²) in [6.07, 6.45) is 2.11. The van der Waals surface area contributed by atoms with E-state index in [9.17, 15) is 14.0 Å². The Kier molecular flexibility index (Phi) is 10.6. The highest BCUT2D eigenvalue weighted by atomic mass is 79.9. The minimum Gasteiger partial charge on any atom is -0.485 e. The molecule has 2 heterocycles. The van der Waals surface area contributed by atoms with Crippen LogP contribution in [0.25, 0.3) is 11.0 Å². The van der Waals surface area contributed by atoms with E-state index in [0.717, 1.165) is 16.7 Å². The molecule has 0 atom stereocenters. The fraction of sp³-hybridized carbons (Fsp3) is 0.258. The Morgan fingerprint density at radius 2 is 1.74 bits per heavy atom. The molecule has 0 bridgehead atoms. The zero-order chi connectivity index (χ0) is 28.5. The van der Waals surface area contributed by atoms with Crippen LogP contribution in [0.3, 0.4) is 0 Å². The van der Waals surface area contributed by atoms with Crippen molar-refractivity contribution in [1.82, 2.24) is 9.55 Å². The summed E-state index contributed by atoms with van der Waals surface area (Å²) in [6, 6.07) is 15.6. The van der Waals surface area contributed by atoms with E-state index in [1.54, 1.807) is 32.2 Å². The number of fused-ring (bicyclic) bond motifs is 1. The summed E-state index contributed by atoms with van der Waals surface area (Å²) >= 11 is 3.68. The number of halogens is 2. The number of rotatable bonds is 9. The molecule has 0 saturated carbocycles. The zero-order valence-corrected chi connectivity index (χ0v) is 24.2. The van der Waals surface area contributed by atoms with Crippen LogP contribution < -0.4 is 10.3 Å². The summed E-state index contributed by atoms with van der Waals surface area (Å²) < 4.78 is 26.8. The van der Waals surface area contributed by atoms with Gasteiger partial charge in [0, 0.05) is 23.6 Å². The van der Waals surface area contributed by atoms with E-state index in [-0.39, 0.29) is 36.9 Å². The number of hydrogen-bond acceptors (Lipinski definition) is 5. The molecule has 0 saturated heterocycles. The molecule has 0 aliphatic carbocycles. The lowest BCUT2D eigenvalue weighted by Gasteiger charge is -2.19. The first kappa shape index (κ1) is 29.8. The SMILES string of the molecule is C=C(C)Cn1c(=O)c(C(=O)OCC)c(OCc2ccccc2)c2ncc(Cc3ccc(F)cc3)c(Br)c21.CC. The van der Waals surface area contributed by atoms with Crippen LogP contribution in [0.4, 0.5) is 4.39 Å². The zero-order valence-electron chi connectivity index (χ0n) is 22.6. The third-order valence-corrected chi connectivity index (χ3v) is 6.56. The van der Waals surface area contributed by atoms with Gasteiger partial charge in [-0.3, -0.25) is 9.78 Å². The van der Waals surface area contributed by atoms with Crippen LogP contribution in [0.1, 0.15) is 54.7 Å². The predicted octanol–water partition coefficient (Wildman–Crippen LogP) is 7.25. The van der Waals surface area contributed by atoms with E-state index in [2.05, 4.69) is 27.5 Å². The van der Waals surface area contributed by atoms with Crippen molar-refractivity contribution in [3.05, 3.63) is 116 Å². The summed E-state index contributed by atoms with van der Waals surface area (Å²) in [5.41, 5.74) is 3.29. The third-order valence-electron chi connectivity index (χ3n) is 5.68. The van der Waals surface area contributed by atoms with Crippen LogP contribution in [-0.2, 0) is 24.3 Å². The maximum atomic E-state index is 13.8. The van der Waals surface area contributed by atoms with Crippen molar-refractivity contribution in [3.63, 3.8) is 0 Å². The number of hydrogen-bond donors (Lipinski definition) is 0. The van der Waals surface area contributed by atoms with Gasteiger partial charge in [0.15, 0.2) is 11.3 Å². The molecule has 39 heavy (non-hydrogen) atoms. The lowest BCUT2D eigenvalue weighted by Crippen LogP contribution is -2.30. The minimum atomic E-state index is -0.777. The number of ether oxygens (including phenoxy) is 2. The number of pyridine rings is 2. The van der Waals surface area contributed by atoms with Gasteiger partial charge in [-0.05, 0) is 58.6 Å². The van der Waals surface area contributed by atoms with Crippen molar-refractivity contribution in [2.45, 2.75) is 47.3 Å². The van der Waals surface area contributed by atoms with Gasteiger partial charge in [0.05, 0.1) is 12.1 Å². The molecule has 0 amide bonds. The molecule has 4 rings (SSSR count). The third kappa shape index (κ3) is 7.00. The predicted molar refractivity (Wildman–Crippen MR) is 156 cm³/mol. The molecule has 2 aromatic heterocycles. The molecule has 0 N–H and O–H groups in total. The molecule has 204 valence electrons. The summed E-state index contributed by atoms with van der Waals surface area (Å²) in [5.74, 6) is -1.03.